The number of carbonyl (C=O) groups is 1. The van der Waals surface area contributed by atoms with Gasteiger partial charge in [0.25, 0.3) is 0 Å². The molecule has 0 aromatic heterocycles. The van der Waals surface area contributed by atoms with E-state index in [1.165, 1.54) is 19.3 Å². The van der Waals surface area contributed by atoms with Crippen LogP contribution >= 0.6 is 0 Å². The van der Waals surface area contributed by atoms with E-state index in [0.717, 1.165) is 29.5 Å². The summed E-state index contributed by atoms with van der Waals surface area (Å²) in [5.41, 5.74) is 2.07. The van der Waals surface area contributed by atoms with E-state index in [-0.39, 0.29) is 19.1 Å². The second kappa shape index (κ2) is 13.7. The number of rotatable bonds is 14. The second-order valence-electron chi connectivity index (χ2n) is 8.71. The molecule has 4 nitrogen and oxygen atoms in total. The van der Waals surface area contributed by atoms with Gasteiger partial charge in [-0.25, -0.2) is 0 Å². The van der Waals surface area contributed by atoms with E-state index in [1.54, 1.807) is 0 Å². The molecular weight excluding hydrogens is 422 g/mol. The van der Waals surface area contributed by atoms with Crippen molar-refractivity contribution in [3.8, 4) is 0 Å². The van der Waals surface area contributed by atoms with Crippen LogP contribution in [0.2, 0.25) is 0 Å². The molecule has 0 saturated carbocycles. The van der Waals surface area contributed by atoms with Gasteiger partial charge in [0, 0.05) is 13.0 Å². The predicted molar refractivity (Wildman–Crippen MR) is 138 cm³/mol. The van der Waals surface area contributed by atoms with E-state index in [1.807, 2.05) is 91.0 Å². The molecule has 0 spiro atoms. The highest BCUT2D eigenvalue weighted by Gasteiger charge is 2.38. The van der Waals surface area contributed by atoms with Crippen molar-refractivity contribution >= 4 is 5.91 Å². The Labute approximate surface area is 204 Å². The van der Waals surface area contributed by atoms with Crippen LogP contribution in [0.3, 0.4) is 0 Å². The first kappa shape index (κ1) is 25.7. The van der Waals surface area contributed by atoms with Gasteiger partial charge in [-0.2, -0.15) is 0 Å². The average Bonchev–Trinajstić information content (AvgIpc) is 2.89. The molecule has 0 aliphatic rings. The molecule has 180 valence electrons. The largest absolute Gasteiger partial charge is 0.389 e. The molecule has 4 heteroatoms. The summed E-state index contributed by atoms with van der Waals surface area (Å²) < 4.78 is 6.61. The molecule has 2 N–H and O–H groups in total. The fraction of sp³-hybridized carbons (Fsp3) is 0.367. The van der Waals surface area contributed by atoms with Gasteiger partial charge in [0.15, 0.2) is 0 Å². The SMILES string of the molecule is CCCCCCCC(=O)NCC(O)COC(c1ccccc1)(c1ccccc1)c1ccccc1. The minimum absolute atomic E-state index is 0.0176. The van der Waals surface area contributed by atoms with Crippen LogP contribution in [-0.2, 0) is 15.1 Å². The molecular formula is C30H37NO3. The summed E-state index contributed by atoms with van der Waals surface area (Å²) >= 11 is 0. The number of hydrogen-bond donors (Lipinski definition) is 2. The number of ether oxygens (including phenoxy) is 1. The van der Waals surface area contributed by atoms with Gasteiger partial charge in [-0.05, 0) is 23.1 Å². The summed E-state index contributed by atoms with van der Waals surface area (Å²) in [4.78, 5) is 12.2. The monoisotopic (exact) mass is 459 g/mol. The maximum atomic E-state index is 12.2. The van der Waals surface area contributed by atoms with Crippen LogP contribution in [0.25, 0.3) is 0 Å². The van der Waals surface area contributed by atoms with Crippen molar-refractivity contribution in [2.75, 3.05) is 13.2 Å². The van der Waals surface area contributed by atoms with Crippen molar-refractivity contribution in [3.05, 3.63) is 108 Å². The van der Waals surface area contributed by atoms with Gasteiger partial charge in [0.1, 0.15) is 5.60 Å². The van der Waals surface area contributed by atoms with Crippen molar-refractivity contribution < 1.29 is 14.6 Å². The number of nitrogens with one attached hydrogen (secondary N) is 1. The van der Waals surface area contributed by atoms with Gasteiger partial charge < -0.3 is 15.2 Å². The minimum Gasteiger partial charge on any atom is -0.389 e. The van der Waals surface area contributed by atoms with Crippen LogP contribution < -0.4 is 5.32 Å². The van der Waals surface area contributed by atoms with Gasteiger partial charge in [-0.3, -0.25) is 4.79 Å². The highest BCUT2D eigenvalue weighted by atomic mass is 16.5. The van der Waals surface area contributed by atoms with E-state index >= 15 is 0 Å². The van der Waals surface area contributed by atoms with Crippen LogP contribution in [0.1, 0.15) is 62.1 Å². The Morgan fingerprint density at radius 1 is 0.794 bits per heavy atom. The molecule has 0 radical (unpaired) electrons. The Morgan fingerprint density at radius 3 is 1.74 bits per heavy atom. The highest BCUT2D eigenvalue weighted by molar-refractivity contribution is 5.75. The number of carbonyl (C=O) groups excluding carboxylic acids is 1. The van der Waals surface area contributed by atoms with Crippen LogP contribution in [0.15, 0.2) is 91.0 Å². The summed E-state index contributed by atoms with van der Waals surface area (Å²) in [6.07, 6.45) is 5.20. The van der Waals surface area contributed by atoms with E-state index in [9.17, 15) is 9.90 Å². The molecule has 0 fully saturated rings. The first-order valence-corrected chi connectivity index (χ1v) is 12.4. The molecule has 0 aliphatic heterocycles. The number of aliphatic hydroxyl groups is 1. The zero-order chi connectivity index (χ0) is 24.1. The lowest BCUT2D eigenvalue weighted by molar-refractivity contribution is -0.122. The summed E-state index contributed by atoms with van der Waals surface area (Å²) in [5.74, 6) is -0.0176. The quantitative estimate of drug-likeness (QED) is 0.235. The second-order valence-corrected chi connectivity index (χ2v) is 8.71. The van der Waals surface area contributed by atoms with E-state index in [4.69, 9.17) is 4.74 Å². The van der Waals surface area contributed by atoms with Crippen molar-refractivity contribution in [3.63, 3.8) is 0 Å². The van der Waals surface area contributed by atoms with Crippen LogP contribution in [-0.4, -0.2) is 30.3 Å². The Balaban J connectivity index is 1.72. The number of amides is 1. The Bertz CT molecular complexity index is 863. The van der Waals surface area contributed by atoms with Crippen LogP contribution in [0.5, 0.6) is 0 Å². The summed E-state index contributed by atoms with van der Waals surface area (Å²) in [6, 6.07) is 30.2. The molecule has 3 rings (SSSR count). The third-order valence-electron chi connectivity index (χ3n) is 6.08. The number of benzene rings is 3. The topological polar surface area (TPSA) is 58.6 Å². The molecule has 0 saturated heterocycles. The van der Waals surface area contributed by atoms with Crippen molar-refractivity contribution in [1.29, 1.82) is 0 Å². The van der Waals surface area contributed by atoms with Crippen LogP contribution in [0.4, 0.5) is 0 Å². The fourth-order valence-electron chi connectivity index (χ4n) is 4.26. The molecule has 1 amide bonds. The molecule has 0 heterocycles. The lowest BCUT2D eigenvalue weighted by Crippen LogP contribution is -2.39. The minimum atomic E-state index is -0.881. The van der Waals surface area contributed by atoms with Gasteiger partial charge in [-0.15, -0.1) is 0 Å². The van der Waals surface area contributed by atoms with Crippen molar-refractivity contribution in [2.24, 2.45) is 0 Å². The molecule has 0 aliphatic carbocycles. The first-order valence-electron chi connectivity index (χ1n) is 12.4. The number of aliphatic hydroxyl groups excluding tert-OH is 1. The summed E-state index contributed by atoms with van der Waals surface area (Å²) in [7, 11) is 0. The molecule has 34 heavy (non-hydrogen) atoms. The molecule has 1 unspecified atom stereocenters. The number of hydrogen-bond acceptors (Lipinski definition) is 3. The smallest absolute Gasteiger partial charge is 0.220 e. The fourth-order valence-corrected chi connectivity index (χ4v) is 4.26. The van der Waals surface area contributed by atoms with Gasteiger partial charge >= 0.3 is 0 Å². The van der Waals surface area contributed by atoms with Gasteiger partial charge in [0.2, 0.25) is 5.91 Å². The van der Waals surface area contributed by atoms with E-state index < -0.39 is 11.7 Å². The number of unbranched alkanes of at least 4 members (excludes halogenated alkanes) is 4. The maximum Gasteiger partial charge on any atom is 0.220 e. The normalized spacial score (nSPS) is 12.3. The molecule has 3 aromatic rings. The zero-order valence-electron chi connectivity index (χ0n) is 20.2. The summed E-state index contributed by atoms with van der Waals surface area (Å²) in [6.45, 7) is 2.43. The van der Waals surface area contributed by atoms with Crippen LogP contribution in [0, 0.1) is 0 Å². The zero-order valence-corrected chi connectivity index (χ0v) is 20.2. The van der Waals surface area contributed by atoms with Crippen molar-refractivity contribution in [2.45, 2.75) is 57.2 Å². The molecule has 1 atom stereocenters. The van der Waals surface area contributed by atoms with Crippen molar-refractivity contribution in [1.82, 2.24) is 5.32 Å². The standard InChI is InChI=1S/C30H37NO3/c1-2-3-4-5-15-22-29(33)31-23-28(32)24-34-30(25-16-9-6-10-17-25,26-18-11-7-12-19-26)27-20-13-8-14-21-27/h6-14,16-21,28,32H,2-5,15,22-24H2,1H3,(H,31,33). The average molecular weight is 460 g/mol. The van der Waals surface area contributed by atoms with Gasteiger partial charge in [0.05, 0.1) is 12.7 Å². The van der Waals surface area contributed by atoms with E-state index in [2.05, 4.69) is 12.2 Å². The summed E-state index contributed by atoms with van der Waals surface area (Å²) in [5, 5.41) is 13.6. The van der Waals surface area contributed by atoms with E-state index in [0.29, 0.717) is 6.42 Å². The lowest BCUT2D eigenvalue weighted by atomic mass is 9.80. The maximum absolute atomic E-state index is 12.2. The highest BCUT2D eigenvalue weighted by Crippen LogP contribution is 2.40. The molecule has 3 aromatic carbocycles. The predicted octanol–water partition coefficient (Wildman–Crippen LogP) is 5.83. The Hall–Kier alpha value is -2.95. The van der Waals surface area contributed by atoms with Gasteiger partial charge in [-0.1, -0.05) is 124 Å². The lowest BCUT2D eigenvalue weighted by Gasteiger charge is -2.36. The Morgan fingerprint density at radius 2 is 1.26 bits per heavy atom. The first-order chi connectivity index (χ1) is 16.7. The third-order valence-corrected chi connectivity index (χ3v) is 6.08. The molecule has 0 bridgehead atoms. The third kappa shape index (κ3) is 7.02. The Kier molecular flexibility index (Phi) is 10.3.